The average molecular weight is 953 g/mol. The summed E-state index contributed by atoms with van der Waals surface area (Å²) < 4.78 is 23.7. The highest BCUT2D eigenvalue weighted by molar-refractivity contribution is 7.47. The molecule has 390 valence electrons. The molecule has 0 fully saturated rings. The molecule has 0 aromatic rings. The molecule has 3 atom stereocenters. The highest BCUT2D eigenvalue weighted by Crippen LogP contribution is 2.43. The first-order valence-corrected chi connectivity index (χ1v) is 29.9. The molecule has 0 aromatic carbocycles. The summed E-state index contributed by atoms with van der Waals surface area (Å²) in [4.78, 5) is 23.3. The maximum absolute atomic E-state index is 13.0. The van der Waals surface area contributed by atoms with Crippen LogP contribution in [-0.2, 0) is 18.4 Å². The number of carbonyl (C=O) groups excluding carboxylic acids is 1. The summed E-state index contributed by atoms with van der Waals surface area (Å²) in [6.45, 7) is 4.83. The van der Waals surface area contributed by atoms with Crippen molar-refractivity contribution in [3.8, 4) is 0 Å². The van der Waals surface area contributed by atoms with Gasteiger partial charge in [0, 0.05) is 6.42 Å². The average Bonchev–Trinajstić information content (AvgIpc) is 3.28. The van der Waals surface area contributed by atoms with Crippen molar-refractivity contribution >= 4 is 13.7 Å². The summed E-state index contributed by atoms with van der Waals surface area (Å²) in [5.74, 6) is -0.188. The number of amides is 1. The van der Waals surface area contributed by atoms with E-state index in [4.69, 9.17) is 9.05 Å². The van der Waals surface area contributed by atoms with Gasteiger partial charge in [-0.3, -0.25) is 13.8 Å². The number of rotatable bonds is 52. The highest BCUT2D eigenvalue weighted by Gasteiger charge is 2.27. The molecule has 3 unspecified atom stereocenters. The minimum atomic E-state index is -4.35. The number of aliphatic hydroxyl groups is 1. The Bertz CT molecular complexity index is 1170. The number of hydrogen-bond acceptors (Lipinski definition) is 5. The second kappa shape index (κ2) is 48.7. The van der Waals surface area contributed by atoms with Crippen LogP contribution in [-0.4, -0.2) is 73.4 Å². The summed E-state index contributed by atoms with van der Waals surface area (Å²) in [6, 6.07) is -0.865. The number of hydrogen-bond donors (Lipinski definition) is 3. The lowest BCUT2D eigenvalue weighted by Crippen LogP contribution is -2.45. The van der Waals surface area contributed by atoms with E-state index in [9.17, 15) is 19.4 Å². The molecule has 1 amide bonds. The van der Waals surface area contributed by atoms with Crippen LogP contribution < -0.4 is 5.32 Å². The van der Waals surface area contributed by atoms with Gasteiger partial charge in [-0.1, -0.05) is 243 Å². The molecule has 0 heterocycles. The third-order valence-electron chi connectivity index (χ3n) is 12.8. The zero-order valence-corrected chi connectivity index (χ0v) is 45.3. The van der Waals surface area contributed by atoms with Crippen LogP contribution in [0.4, 0.5) is 0 Å². The van der Waals surface area contributed by atoms with Gasteiger partial charge < -0.3 is 19.8 Å². The Morgan fingerprint density at radius 3 is 1.21 bits per heavy atom. The number of likely N-dealkylation sites (N-methyl/N-ethyl adjacent to an activating group) is 1. The molecule has 0 saturated carbocycles. The molecule has 0 saturated heterocycles. The summed E-state index contributed by atoms with van der Waals surface area (Å²) in [5, 5.41) is 13.9. The summed E-state index contributed by atoms with van der Waals surface area (Å²) in [6.07, 6.45) is 62.4. The minimum Gasteiger partial charge on any atom is -0.387 e. The Hall–Kier alpha value is -1.28. The fraction of sp³-hybridized carbons (Fsp3) is 0.877. The third-order valence-corrected chi connectivity index (χ3v) is 13.8. The number of aliphatic hydroxyl groups excluding tert-OH is 1. The molecule has 0 aromatic heterocycles. The van der Waals surface area contributed by atoms with Crippen molar-refractivity contribution in [3.05, 3.63) is 36.5 Å². The van der Waals surface area contributed by atoms with Crippen LogP contribution in [0.5, 0.6) is 0 Å². The number of phosphoric acid groups is 1. The predicted octanol–water partition coefficient (Wildman–Crippen LogP) is 17.0. The number of quaternary nitrogens is 1. The number of phosphoric ester groups is 1. The molecule has 66 heavy (non-hydrogen) atoms. The first kappa shape index (κ1) is 64.7. The summed E-state index contributed by atoms with van der Waals surface area (Å²) >= 11 is 0. The minimum absolute atomic E-state index is 0.0559. The van der Waals surface area contributed by atoms with Gasteiger partial charge in [0.1, 0.15) is 13.2 Å². The van der Waals surface area contributed by atoms with E-state index in [0.717, 1.165) is 38.5 Å². The van der Waals surface area contributed by atoms with E-state index < -0.39 is 20.0 Å². The molecular weight excluding hydrogens is 840 g/mol. The maximum Gasteiger partial charge on any atom is 0.472 e. The van der Waals surface area contributed by atoms with Crippen molar-refractivity contribution in [1.82, 2.24) is 5.32 Å². The quantitative estimate of drug-likeness (QED) is 0.0243. The standard InChI is InChI=1S/C57H111N2O6P/c1-6-8-10-12-14-16-18-20-22-24-26-28-30-32-34-36-38-40-42-44-46-48-50-56(60)55(54-65-66(62,63)64-53-52-59(3,4)5)58-57(61)51-49-47-45-43-41-39-37-35-33-31-29-27-25-23-21-19-17-15-13-11-9-7-2/h31,33,40,42,48,50,55-56,60H,6-30,32,34-39,41,43-47,49,51-54H2,1-5H3,(H-,58,61,62,63)/p+1/b33-31-,42-40+,50-48+. The van der Waals surface area contributed by atoms with E-state index in [2.05, 4.69) is 43.5 Å². The van der Waals surface area contributed by atoms with Crippen LogP contribution in [0.25, 0.3) is 0 Å². The Morgan fingerprint density at radius 2 is 0.833 bits per heavy atom. The SMILES string of the molecule is CCCCCCCCCCCCC/C=C\CCCCCCCCCC(=O)NC(COP(=O)(O)OCC[N+](C)(C)C)C(O)/C=C/CC/C=C/CCCCCCCCCCCCCCCCCC. The fourth-order valence-corrected chi connectivity index (χ4v) is 9.08. The van der Waals surface area contributed by atoms with Crippen LogP contribution >= 0.6 is 7.82 Å². The number of carbonyl (C=O) groups is 1. The van der Waals surface area contributed by atoms with E-state index in [1.165, 1.54) is 212 Å². The van der Waals surface area contributed by atoms with Gasteiger partial charge in [-0.2, -0.15) is 0 Å². The van der Waals surface area contributed by atoms with E-state index in [1.807, 2.05) is 27.2 Å². The van der Waals surface area contributed by atoms with Crippen molar-refractivity contribution in [2.24, 2.45) is 0 Å². The normalized spacial score (nSPS) is 14.2. The zero-order valence-electron chi connectivity index (χ0n) is 44.4. The Morgan fingerprint density at radius 1 is 0.500 bits per heavy atom. The first-order valence-electron chi connectivity index (χ1n) is 28.4. The van der Waals surface area contributed by atoms with Gasteiger partial charge >= 0.3 is 7.82 Å². The van der Waals surface area contributed by atoms with Crippen LogP contribution in [0, 0.1) is 0 Å². The number of unbranched alkanes of at least 4 members (excludes halogenated alkanes) is 35. The number of nitrogens with zero attached hydrogens (tertiary/aromatic N) is 1. The molecule has 0 radical (unpaired) electrons. The van der Waals surface area contributed by atoms with E-state index in [0.29, 0.717) is 17.4 Å². The smallest absolute Gasteiger partial charge is 0.387 e. The van der Waals surface area contributed by atoms with Crippen LogP contribution in [0.3, 0.4) is 0 Å². The van der Waals surface area contributed by atoms with E-state index >= 15 is 0 Å². The second-order valence-corrected chi connectivity index (χ2v) is 22.1. The molecule has 8 nitrogen and oxygen atoms in total. The fourth-order valence-electron chi connectivity index (χ4n) is 8.35. The third kappa shape index (κ3) is 50.6. The molecule has 0 aliphatic carbocycles. The van der Waals surface area contributed by atoms with E-state index in [-0.39, 0.29) is 19.1 Å². The largest absolute Gasteiger partial charge is 0.472 e. The highest BCUT2D eigenvalue weighted by atomic mass is 31.2. The van der Waals surface area contributed by atoms with Crippen LogP contribution in [0.2, 0.25) is 0 Å². The van der Waals surface area contributed by atoms with Gasteiger partial charge in [0.05, 0.1) is 39.9 Å². The van der Waals surface area contributed by atoms with E-state index in [1.54, 1.807) is 6.08 Å². The maximum atomic E-state index is 13.0. The van der Waals surface area contributed by atoms with Gasteiger partial charge in [-0.15, -0.1) is 0 Å². The number of nitrogens with one attached hydrogen (secondary N) is 1. The summed E-state index contributed by atoms with van der Waals surface area (Å²) in [5.41, 5.74) is 0. The Kier molecular flexibility index (Phi) is 47.8. The molecule has 0 rings (SSSR count). The monoisotopic (exact) mass is 952 g/mol. The van der Waals surface area contributed by atoms with Crippen molar-refractivity contribution in [2.75, 3.05) is 40.9 Å². The lowest BCUT2D eigenvalue weighted by atomic mass is 10.0. The van der Waals surface area contributed by atoms with Crippen LogP contribution in [0.15, 0.2) is 36.5 Å². The Labute approximate surface area is 410 Å². The first-order chi connectivity index (χ1) is 32.0. The van der Waals surface area contributed by atoms with Gasteiger partial charge in [-0.25, -0.2) is 4.57 Å². The second-order valence-electron chi connectivity index (χ2n) is 20.7. The molecular formula is C57H112N2O6P+. The Balaban J connectivity index is 4.28. The molecule has 0 bridgehead atoms. The van der Waals surface area contributed by atoms with Crippen molar-refractivity contribution in [3.63, 3.8) is 0 Å². The summed E-state index contributed by atoms with van der Waals surface area (Å²) in [7, 11) is 1.56. The van der Waals surface area contributed by atoms with Crippen molar-refractivity contribution in [2.45, 2.75) is 283 Å². The van der Waals surface area contributed by atoms with Gasteiger partial charge in [0.25, 0.3) is 0 Å². The van der Waals surface area contributed by atoms with Gasteiger partial charge in [0.15, 0.2) is 0 Å². The number of allylic oxidation sites excluding steroid dienone is 5. The molecule has 0 spiro atoms. The molecule has 3 N–H and O–H groups in total. The molecule has 0 aliphatic rings. The lowest BCUT2D eigenvalue weighted by molar-refractivity contribution is -0.870. The van der Waals surface area contributed by atoms with Crippen LogP contribution in [0.1, 0.15) is 271 Å². The zero-order chi connectivity index (χ0) is 48.5. The van der Waals surface area contributed by atoms with Gasteiger partial charge in [-0.05, 0) is 57.8 Å². The topological polar surface area (TPSA) is 105 Å². The van der Waals surface area contributed by atoms with Crippen molar-refractivity contribution < 1.29 is 32.9 Å². The molecule has 9 heteroatoms. The predicted molar refractivity (Wildman–Crippen MR) is 286 cm³/mol. The van der Waals surface area contributed by atoms with Gasteiger partial charge in [0.2, 0.25) is 5.91 Å². The lowest BCUT2D eigenvalue weighted by Gasteiger charge is -2.25. The molecule has 0 aliphatic heterocycles. The van der Waals surface area contributed by atoms with Crippen molar-refractivity contribution in [1.29, 1.82) is 0 Å².